The van der Waals surface area contributed by atoms with Crippen LogP contribution in [0.1, 0.15) is 5.56 Å². The Morgan fingerprint density at radius 2 is 2.00 bits per heavy atom. The van der Waals surface area contributed by atoms with Crippen molar-refractivity contribution >= 4 is 22.1 Å². The summed E-state index contributed by atoms with van der Waals surface area (Å²) in [6, 6.07) is 3.66. The highest BCUT2D eigenvalue weighted by Crippen LogP contribution is 2.31. The smallest absolute Gasteiger partial charge is 0.166 e. The summed E-state index contributed by atoms with van der Waals surface area (Å²) in [5.74, 6) is 0. The zero-order valence-corrected chi connectivity index (χ0v) is 7.17. The first-order valence-electron chi connectivity index (χ1n) is 3.53. The molecule has 13 heavy (non-hydrogen) atoms. The molecule has 0 unspecified atom stereocenters. The van der Waals surface area contributed by atoms with E-state index in [9.17, 15) is 13.2 Å². The molecule has 0 aliphatic heterocycles. The Morgan fingerprint density at radius 3 is 2.69 bits per heavy atom. The Labute approximate surface area is 76.6 Å². The molecule has 0 bridgehead atoms. The molecule has 1 heterocycles. The van der Waals surface area contributed by atoms with Gasteiger partial charge in [0.1, 0.15) is 0 Å². The van der Waals surface area contributed by atoms with Gasteiger partial charge in [-0.25, -0.2) is 0 Å². The van der Waals surface area contributed by atoms with Gasteiger partial charge in [0.05, 0.1) is 10.9 Å². The van der Waals surface area contributed by atoms with Gasteiger partial charge in [-0.2, -0.15) is 13.2 Å². The Bertz CT molecular complexity index is 428. The molecule has 0 aliphatic rings. The van der Waals surface area contributed by atoms with E-state index in [4.69, 9.17) is 0 Å². The van der Waals surface area contributed by atoms with Crippen LogP contribution in [0.25, 0.3) is 10.8 Å². The van der Waals surface area contributed by atoms with Crippen molar-refractivity contribution in [2.75, 3.05) is 0 Å². The summed E-state index contributed by atoms with van der Waals surface area (Å²) in [7, 11) is 0. The fourth-order valence-electron chi connectivity index (χ4n) is 1.09. The van der Waals surface area contributed by atoms with Gasteiger partial charge in [0, 0.05) is 5.39 Å². The van der Waals surface area contributed by atoms with Crippen molar-refractivity contribution in [3.8, 4) is 0 Å². The molecule has 67 valence electrons. The standard InChI is InChI=1S/C9H4F3S/c10-9(11,12)8-2-1-6-4-13-5-7(6)3-8/h1-3,5H. The molecule has 0 aliphatic carbocycles. The Morgan fingerprint density at radius 1 is 1.23 bits per heavy atom. The normalized spacial score (nSPS) is 12.2. The maximum Gasteiger partial charge on any atom is 0.416 e. The minimum atomic E-state index is -4.25. The van der Waals surface area contributed by atoms with Gasteiger partial charge in [-0.15, -0.1) is 11.3 Å². The van der Waals surface area contributed by atoms with Gasteiger partial charge in [-0.1, -0.05) is 6.07 Å². The first-order valence-corrected chi connectivity index (χ1v) is 4.41. The summed E-state index contributed by atoms with van der Waals surface area (Å²) in [5.41, 5.74) is -0.605. The molecule has 0 N–H and O–H groups in total. The highest BCUT2D eigenvalue weighted by atomic mass is 32.1. The van der Waals surface area contributed by atoms with Crippen molar-refractivity contribution in [2.24, 2.45) is 0 Å². The lowest BCUT2D eigenvalue weighted by Gasteiger charge is -2.05. The van der Waals surface area contributed by atoms with Gasteiger partial charge in [-0.05, 0) is 22.9 Å². The molecule has 4 heteroatoms. The fraction of sp³-hybridized carbons (Fsp3) is 0.111. The lowest BCUT2D eigenvalue weighted by atomic mass is 10.1. The second-order valence-corrected chi connectivity index (χ2v) is 3.31. The van der Waals surface area contributed by atoms with Crippen LogP contribution < -0.4 is 0 Å². The topological polar surface area (TPSA) is 0 Å². The average Bonchev–Trinajstić information content (AvgIpc) is 2.47. The van der Waals surface area contributed by atoms with E-state index < -0.39 is 11.7 Å². The molecule has 1 aromatic carbocycles. The van der Waals surface area contributed by atoms with E-state index in [1.807, 2.05) is 0 Å². The molecule has 1 aromatic heterocycles. The number of thiophene rings is 1. The largest absolute Gasteiger partial charge is 0.416 e. The Kier molecular flexibility index (Phi) is 1.80. The van der Waals surface area contributed by atoms with Crippen molar-refractivity contribution in [2.45, 2.75) is 6.18 Å². The summed E-state index contributed by atoms with van der Waals surface area (Å²) in [5, 5.41) is 5.86. The lowest BCUT2D eigenvalue weighted by molar-refractivity contribution is -0.137. The van der Waals surface area contributed by atoms with Crippen molar-refractivity contribution in [3.05, 3.63) is 34.5 Å². The minimum Gasteiger partial charge on any atom is -0.166 e. The summed E-state index contributed by atoms with van der Waals surface area (Å²) in [6.07, 6.45) is -4.25. The number of fused-ring (bicyclic) bond motifs is 1. The van der Waals surface area contributed by atoms with Crippen LogP contribution in [0.4, 0.5) is 13.2 Å². The molecule has 0 nitrogen and oxygen atoms in total. The van der Waals surface area contributed by atoms with Crippen molar-refractivity contribution in [1.29, 1.82) is 0 Å². The summed E-state index contributed by atoms with van der Waals surface area (Å²) >= 11 is 1.28. The second-order valence-electron chi connectivity index (χ2n) is 2.64. The molecule has 0 amide bonds. The number of hydrogen-bond donors (Lipinski definition) is 0. The van der Waals surface area contributed by atoms with E-state index in [0.29, 0.717) is 5.39 Å². The van der Waals surface area contributed by atoms with E-state index in [-0.39, 0.29) is 0 Å². The molecule has 2 aromatic rings. The van der Waals surface area contributed by atoms with Gasteiger partial charge in [-0.3, -0.25) is 0 Å². The predicted octanol–water partition coefficient (Wildman–Crippen LogP) is 3.72. The van der Waals surface area contributed by atoms with Gasteiger partial charge < -0.3 is 0 Å². The second kappa shape index (κ2) is 2.73. The number of alkyl halides is 3. The van der Waals surface area contributed by atoms with Crippen molar-refractivity contribution < 1.29 is 13.2 Å². The lowest BCUT2D eigenvalue weighted by Crippen LogP contribution is -2.03. The minimum absolute atomic E-state index is 0.597. The maximum atomic E-state index is 12.2. The first kappa shape index (κ1) is 8.56. The van der Waals surface area contributed by atoms with E-state index in [1.54, 1.807) is 5.38 Å². The molecular weight excluding hydrogens is 197 g/mol. The zero-order valence-electron chi connectivity index (χ0n) is 6.35. The Balaban J connectivity index is 2.61. The summed E-state index contributed by atoms with van der Waals surface area (Å²) in [4.78, 5) is 0. The van der Waals surface area contributed by atoms with Gasteiger partial charge in [0.25, 0.3) is 0 Å². The number of rotatable bonds is 0. The van der Waals surface area contributed by atoms with Crippen molar-refractivity contribution in [1.82, 2.24) is 0 Å². The van der Waals surface area contributed by atoms with Gasteiger partial charge >= 0.3 is 6.18 Å². The summed E-state index contributed by atoms with van der Waals surface area (Å²) in [6.45, 7) is 0. The van der Waals surface area contributed by atoms with Crippen molar-refractivity contribution in [3.63, 3.8) is 0 Å². The van der Waals surface area contributed by atoms with Crippen LogP contribution in [-0.4, -0.2) is 0 Å². The molecule has 2 rings (SSSR count). The molecule has 0 spiro atoms. The SMILES string of the molecule is FC(F)(F)c1ccc2[c]scc2c1. The van der Waals surface area contributed by atoms with E-state index in [1.165, 1.54) is 17.4 Å². The van der Waals surface area contributed by atoms with Gasteiger partial charge in [0.2, 0.25) is 0 Å². The highest BCUT2D eigenvalue weighted by Gasteiger charge is 2.30. The molecule has 0 fully saturated rings. The monoisotopic (exact) mass is 201 g/mol. The number of hydrogen-bond acceptors (Lipinski definition) is 1. The Hall–Kier alpha value is -1.03. The van der Waals surface area contributed by atoms with E-state index in [0.717, 1.165) is 17.5 Å². The van der Waals surface area contributed by atoms with Crippen LogP contribution in [0.2, 0.25) is 0 Å². The van der Waals surface area contributed by atoms with Gasteiger partial charge in [0.15, 0.2) is 0 Å². The number of benzene rings is 1. The van der Waals surface area contributed by atoms with Crippen LogP contribution in [0.15, 0.2) is 23.6 Å². The average molecular weight is 201 g/mol. The molecule has 1 radical (unpaired) electrons. The maximum absolute atomic E-state index is 12.2. The first-order chi connectivity index (χ1) is 6.07. The predicted molar refractivity (Wildman–Crippen MR) is 45.7 cm³/mol. The third-order valence-electron chi connectivity index (χ3n) is 1.73. The van der Waals surface area contributed by atoms with Crippen LogP contribution in [0.3, 0.4) is 0 Å². The number of halogens is 3. The fourth-order valence-corrected chi connectivity index (χ4v) is 1.78. The van der Waals surface area contributed by atoms with Crippen LogP contribution in [0.5, 0.6) is 0 Å². The van der Waals surface area contributed by atoms with E-state index in [2.05, 4.69) is 5.38 Å². The highest BCUT2D eigenvalue weighted by molar-refractivity contribution is 7.08. The van der Waals surface area contributed by atoms with Crippen LogP contribution >= 0.6 is 11.3 Å². The zero-order chi connectivity index (χ0) is 9.47. The molecule has 0 saturated carbocycles. The van der Waals surface area contributed by atoms with Crippen LogP contribution in [0, 0.1) is 5.38 Å². The third-order valence-corrected chi connectivity index (χ3v) is 2.44. The molecule has 0 atom stereocenters. The summed E-state index contributed by atoms with van der Waals surface area (Å²) < 4.78 is 36.6. The van der Waals surface area contributed by atoms with E-state index >= 15 is 0 Å². The quantitative estimate of drug-likeness (QED) is 0.609. The third kappa shape index (κ3) is 1.54. The van der Waals surface area contributed by atoms with Crippen LogP contribution in [-0.2, 0) is 6.18 Å². The molecule has 0 saturated heterocycles. The molecular formula is C9H4F3S.